The summed E-state index contributed by atoms with van der Waals surface area (Å²) in [6.45, 7) is 3.51. The van der Waals surface area contributed by atoms with E-state index in [1.165, 1.54) is 0 Å². The van der Waals surface area contributed by atoms with Gasteiger partial charge in [-0.3, -0.25) is 4.79 Å². The van der Waals surface area contributed by atoms with Crippen molar-refractivity contribution in [3.63, 3.8) is 0 Å². The zero-order chi connectivity index (χ0) is 9.68. The second-order valence-corrected chi connectivity index (χ2v) is 4.10. The van der Waals surface area contributed by atoms with Crippen molar-refractivity contribution < 1.29 is 4.79 Å². The summed E-state index contributed by atoms with van der Waals surface area (Å²) < 4.78 is 0. The fourth-order valence-corrected chi connectivity index (χ4v) is 1.88. The second kappa shape index (κ2) is 4.87. The van der Waals surface area contributed by atoms with Crippen LogP contribution in [-0.2, 0) is 4.79 Å². The largest absolute Gasteiger partial charge is 0.295 e. The van der Waals surface area contributed by atoms with Crippen LogP contribution in [0, 0.1) is 0 Å². The summed E-state index contributed by atoms with van der Waals surface area (Å²) in [4.78, 5) is 12.9. The molecular weight excluding hydrogens is 180 g/mol. The number of carbonyl (C=O) groups is 1. The molecule has 1 aromatic carbocycles. The molecule has 0 aliphatic carbocycles. The van der Waals surface area contributed by atoms with E-state index in [9.17, 15) is 4.79 Å². The number of thioether (sulfide) groups is 1. The number of benzene rings is 1. The maximum absolute atomic E-state index is 10.8. The topological polar surface area (TPSA) is 17.1 Å². The van der Waals surface area contributed by atoms with Crippen LogP contribution in [0.5, 0.6) is 0 Å². The van der Waals surface area contributed by atoms with Gasteiger partial charge in [-0.25, -0.2) is 0 Å². The first-order valence-electron chi connectivity index (χ1n) is 4.10. The van der Waals surface area contributed by atoms with Crippen molar-refractivity contribution >= 4 is 17.5 Å². The van der Waals surface area contributed by atoms with E-state index in [0.29, 0.717) is 0 Å². The Kier molecular flexibility index (Phi) is 3.77. The van der Waals surface area contributed by atoms with Gasteiger partial charge in [0, 0.05) is 4.90 Å². The van der Waals surface area contributed by atoms with E-state index in [2.05, 4.69) is 0 Å². The molecule has 1 nitrogen and oxygen atoms in total. The third kappa shape index (κ3) is 3.95. The molecule has 1 rings (SSSR count). The van der Waals surface area contributed by atoms with Crippen molar-refractivity contribution in [2.45, 2.75) is 18.7 Å². The highest BCUT2D eigenvalue weighted by Gasteiger charge is 1.95. The van der Waals surface area contributed by atoms with Crippen LogP contribution in [0.25, 0.3) is 0 Å². The number of hydrogen-bond acceptors (Lipinski definition) is 2. The smallest absolute Gasteiger partial charge is 0.153 e. The summed E-state index contributed by atoms with van der Waals surface area (Å²) in [7, 11) is 0. The minimum Gasteiger partial charge on any atom is -0.295 e. The summed E-state index contributed by atoms with van der Waals surface area (Å²) in [5.74, 6) is 0.0981. The summed E-state index contributed by atoms with van der Waals surface area (Å²) in [6.07, 6.45) is 1.65. The van der Waals surface area contributed by atoms with Gasteiger partial charge >= 0.3 is 0 Å². The van der Waals surface area contributed by atoms with Crippen molar-refractivity contribution in [1.82, 2.24) is 0 Å². The van der Waals surface area contributed by atoms with Crippen LogP contribution in [0.15, 0.2) is 46.2 Å². The fraction of sp³-hybridized carbons (Fsp3) is 0.182. The van der Waals surface area contributed by atoms with Crippen LogP contribution in [0.3, 0.4) is 0 Å². The molecule has 1 aromatic rings. The maximum Gasteiger partial charge on any atom is 0.153 e. The zero-order valence-electron chi connectivity index (χ0n) is 7.78. The molecule has 0 spiro atoms. The maximum atomic E-state index is 10.8. The summed E-state index contributed by atoms with van der Waals surface area (Å²) >= 11 is 1.61. The quantitative estimate of drug-likeness (QED) is 0.540. The lowest BCUT2D eigenvalue weighted by molar-refractivity contribution is -0.112. The Morgan fingerprint density at radius 3 is 2.38 bits per heavy atom. The molecule has 0 aromatic heterocycles. The first-order chi connectivity index (χ1) is 6.18. The molecular formula is C11H12OS. The average molecular weight is 192 g/mol. The third-order valence-electron chi connectivity index (χ3n) is 1.43. The molecule has 0 saturated carbocycles. The van der Waals surface area contributed by atoms with Gasteiger partial charge in [-0.1, -0.05) is 30.0 Å². The molecule has 0 aliphatic rings. The van der Waals surface area contributed by atoms with Gasteiger partial charge in [0.2, 0.25) is 0 Å². The van der Waals surface area contributed by atoms with E-state index in [-0.39, 0.29) is 5.78 Å². The highest BCUT2D eigenvalue weighted by Crippen LogP contribution is 2.25. The lowest BCUT2D eigenvalue weighted by Gasteiger charge is -1.99. The Labute approximate surface area is 82.9 Å². The second-order valence-electron chi connectivity index (χ2n) is 2.78. The Morgan fingerprint density at radius 2 is 1.85 bits per heavy atom. The summed E-state index contributed by atoms with van der Waals surface area (Å²) in [5, 5.41) is 0. The molecule has 0 heterocycles. The van der Waals surface area contributed by atoms with E-state index in [1.54, 1.807) is 24.8 Å². The molecule has 68 valence electrons. The molecule has 0 radical (unpaired) electrons. The van der Waals surface area contributed by atoms with E-state index < -0.39 is 0 Å². The van der Waals surface area contributed by atoms with Gasteiger partial charge in [0.05, 0.1) is 0 Å². The van der Waals surface area contributed by atoms with Gasteiger partial charge in [0.15, 0.2) is 5.78 Å². The SMILES string of the molecule is CC(=O)/C=C(\C)Sc1ccccc1. The molecule has 0 saturated heterocycles. The van der Waals surface area contributed by atoms with Gasteiger partial charge in [-0.15, -0.1) is 0 Å². The predicted molar refractivity (Wildman–Crippen MR) is 56.7 cm³/mol. The lowest BCUT2D eigenvalue weighted by atomic mass is 10.4. The van der Waals surface area contributed by atoms with Gasteiger partial charge in [0.25, 0.3) is 0 Å². The molecule has 0 bridgehead atoms. The van der Waals surface area contributed by atoms with Crippen molar-refractivity contribution in [3.8, 4) is 0 Å². The number of allylic oxidation sites excluding steroid dienone is 2. The minimum atomic E-state index is 0.0981. The van der Waals surface area contributed by atoms with Crippen molar-refractivity contribution in [2.24, 2.45) is 0 Å². The van der Waals surface area contributed by atoms with Crippen LogP contribution >= 0.6 is 11.8 Å². The Morgan fingerprint density at radius 1 is 1.23 bits per heavy atom. The fourth-order valence-electron chi connectivity index (χ4n) is 0.990. The molecule has 0 unspecified atom stereocenters. The molecule has 2 heteroatoms. The lowest BCUT2D eigenvalue weighted by Crippen LogP contribution is -1.82. The summed E-state index contributed by atoms with van der Waals surface area (Å²) in [5.41, 5.74) is 0. The highest BCUT2D eigenvalue weighted by atomic mass is 32.2. The standard InChI is InChI=1S/C11H12OS/c1-9(12)8-10(2)13-11-6-4-3-5-7-11/h3-8H,1-2H3/b10-8+. The highest BCUT2D eigenvalue weighted by molar-refractivity contribution is 8.03. The van der Waals surface area contributed by atoms with Crippen LogP contribution in [0.4, 0.5) is 0 Å². The zero-order valence-corrected chi connectivity index (χ0v) is 8.60. The van der Waals surface area contributed by atoms with Gasteiger partial charge in [0.1, 0.15) is 0 Å². The number of hydrogen-bond donors (Lipinski definition) is 0. The van der Waals surface area contributed by atoms with Crippen LogP contribution < -0.4 is 0 Å². The molecule has 0 atom stereocenters. The molecule has 0 N–H and O–H groups in total. The normalized spacial score (nSPS) is 11.4. The number of ketones is 1. The first-order valence-corrected chi connectivity index (χ1v) is 4.92. The van der Waals surface area contributed by atoms with Crippen molar-refractivity contribution in [1.29, 1.82) is 0 Å². The van der Waals surface area contributed by atoms with Crippen LogP contribution in [-0.4, -0.2) is 5.78 Å². The molecule has 13 heavy (non-hydrogen) atoms. The number of carbonyl (C=O) groups excluding carboxylic acids is 1. The van der Waals surface area contributed by atoms with Crippen LogP contribution in [0.1, 0.15) is 13.8 Å². The Balaban J connectivity index is 2.65. The monoisotopic (exact) mass is 192 g/mol. The average Bonchev–Trinajstić information content (AvgIpc) is 2.04. The van der Waals surface area contributed by atoms with E-state index >= 15 is 0 Å². The van der Waals surface area contributed by atoms with Gasteiger partial charge < -0.3 is 0 Å². The first kappa shape index (κ1) is 10.1. The van der Waals surface area contributed by atoms with Crippen molar-refractivity contribution in [2.75, 3.05) is 0 Å². The number of rotatable bonds is 3. The van der Waals surface area contributed by atoms with E-state index in [0.717, 1.165) is 9.80 Å². The van der Waals surface area contributed by atoms with E-state index in [4.69, 9.17) is 0 Å². The summed E-state index contributed by atoms with van der Waals surface area (Å²) in [6, 6.07) is 10.0. The van der Waals surface area contributed by atoms with Gasteiger partial charge in [-0.2, -0.15) is 0 Å². The molecule has 0 aliphatic heterocycles. The molecule has 0 fully saturated rings. The van der Waals surface area contributed by atoms with Crippen LogP contribution in [0.2, 0.25) is 0 Å². The third-order valence-corrected chi connectivity index (χ3v) is 2.38. The van der Waals surface area contributed by atoms with Gasteiger partial charge in [-0.05, 0) is 37.0 Å². The molecule has 0 amide bonds. The minimum absolute atomic E-state index is 0.0981. The predicted octanol–water partition coefficient (Wildman–Crippen LogP) is 3.27. The Bertz CT molecular complexity index is 314. The van der Waals surface area contributed by atoms with E-state index in [1.807, 2.05) is 37.3 Å². The van der Waals surface area contributed by atoms with Crippen molar-refractivity contribution in [3.05, 3.63) is 41.3 Å². The Hall–Kier alpha value is -1.02.